The molecule has 312 valence electrons. The molecule has 4 atom stereocenters. The van der Waals surface area contributed by atoms with Gasteiger partial charge in [0, 0.05) is 49.1 Å². The van der Waals surface area contributed by atoms with Gasteiger partial charge in [-0.05, 0) is 91.5 Å². The van der Waals surface area contributed by atoms with E-state index in [9.17, 15) is 9.59 Å². The second-order valence-corrected chi connectivity index (χ2v) is 18.0. The number of aromatic nitrogens is 4. The summed E-state index contributed by atoms with van der Waals surface area (Å²) >= 11 is 25.0. The molecule has 0 saturated carbocycles. The lowest BCUT2D eigenvalue weighted by Gasteiger charge is -2.42. The number of hydrogen-bond donors (Lipinski definition) is 2. The zero-order valence-electron chi connectivity index (χ0n) is 33.8. The van der Waals surface area contributed by atoms with Crippen LogP contribution in [-0.2, 0) is 9.47 Å². The molecule has 8 rings (SSSR count). The monoisotopic (exact) mass is 872 g/mol. The number of benzene rings is 2. The molecule has 2 spiro atoms. The normalized spacial score (nSPS) is 23.7. The summed E-state index contributed by atoms with van der Waals surface area (Å²) in [6.07, 6.45) is 3.91. The summed E-state index contributed by atoms with van der Waals surface area (Å²) in [6.45, 7) is 16.0. The largest absolute Gasteiger partial charge is 0.376 e. The van der Waals surface area contributed by atoms with Crippen molar-refractivity contribution < 1.29 is 9.47 Å². The smallest absolute Gasteiger partial charge is 0.263 e. The number of ether oxygens (including phenoxy) is 2. The maximum Gasteiger partial charge on any atom is 0.263 e. The van der Waals surface area contributed by atoms with Crippen LogP contribution in [0, 0.1) is 38.5 Å². The van der Waals surface area contributed by atoms with E-state index in [0.717, 1.165) is 63.5 Å². The molecule has 0 bridgehead atoms. The summed E-state index contributed by atoms with van der Waals surface area (Å²) in [4.78, 5) is 40.4. The van der Waals surface area contributed by atoms with E-state index in [1.165, 1.54) is 9.13 Å². The summed E-state index contributed by atoms with van der Waals surface area (Å²) in [5.41, 5.74) is 14.9. The van der Waals surface area contributed by atoms with Crippen LogP contribution in [0.4, 0.5) is 11.6 Å². The molecule has 58 heavy (non-hydrogen) atoms. The Morgan fingerprint density at radius 2 is 0.966 bits per heavy atom. The molecule has 4 saturated heterocycles. The fourth-order valence-electron chi connectivity index (χ4n) is 9.18. The zero-order chi connectivity index (χ0) is 41.8. The highest BCUT2D eigenvalue weighted by atomic mass is 35.5. The molecule has 2 aromatic carbocycles. The fraction of sp³-hybridized carbons (Fsp3) is 0.524. The molecule has 16 heteroatoms. The van der Waals surface area contributed by atoms with Crippen LogP contribution < -0.4 is 32.4 Å². The van der Waals surface area contributed by atoms with Gasteiger partial charge in [0.1, 0.15) is 23.3 Å². The van der Waals surface area contributed by atoms with Crippen molar-refractivity contribution in [3.05, 3.63) is 100.0 Å². The van der Waals surface area contributed by atoms with Crippen molar-refractivity contribution in [2.24, 2.45) is 22.3 Å². The third-order valence-electron chi connectivity index (χ3n) is 13.1. The van der Waals surface area contributed by atoms with Crippen molar-refractivity contribution in [2.45, 2.75) is 91.5 Å². The first kappa shape index (κ1) is 42.9. The van der Waals surface area contributed by atoms with Gasteiger partial charge in [-0.3, -0.25) is 18.7 Å². The molecule has 0 unspecified atom stereocenters. The van der Waals surface area contributed by atoms with Crippen LogP contribution in [0.5, 0.6) is 0 Å². The quantitative estimate of drug-likeness (QED) is 0.220. The van der Waals surface area contributed by atoms with Crippen molar-refractivity contribution in [1.82, 2.24) is 19.1 Å². The molecule has 12 nitrogen and oxygen atoms in total. The molecule has 4 N–H and O–H groups in total. The van der Waals surface area contributed by atoms with E-state index >= 15 is 0 Å². The number of aryl methyl sites for hydroxylation is 2. The molecule has 2 aromatic heterocycles. The van der Waals surface area contributed by atoms with E-state index in [0.29, 0.717) is 67.5 Å². The lowest BCUT2D eigenvalue weighted by molar-refractivity contribution is 0.0973. The number of nitrogens with zero attached hydrogens (tertiary/aromatic N) is 6. The molecule has 4 aromatic rings. The van der Waals surface area contributed by atoms with E-state index in [1.54, 1.807) is 36.4 Å². The molecule has 4 aliphatic rings. The van der Waals surface area contributed by atoms with Gasteiger partial charge < -0.3 is 30.7 Å². The van der Waals surface area contributed by atoms with E-state index in [1.807, 2.05) is 41.5 Å². The highest BCUT2D eigenvalue weighted by Gasteiger charge is 2.49. The second-order valence-electron chi connectivity index (χ2n) is 16.4. The van der Waals surface area contributed by atoms with Gasteiger partial charge in [-0.15, -0.1) is 0 Å². The Morgan fingerprint density at radius 1 is 0.621 bits per heavy atom. The average molecular weight is 875 g/mol. The van der Waals surface area contributed by atoms with E-state index in [2.05, 4.69) is 9.80 Å². The Balaban J connectivity index is 0.000000177. The van der Waals surface area contributed by atoms with Gasteiger partial charge in [0.05, 0.1) is 68.0 Å². The third-order valence-corrected chi connectivity index (χ3v) is 14.7. The minimum Gasteiger partial charge on any atom is -0.376 e. The Morgan fingerprint density at radius 3 is 1.28 bits per heavy atom. The lowest BCUT2D eigenvalue weighted by Crippen LogP contribution is -2.51. The second kappa shape index (κ2) is 16.7. The van der Waals surface area contributed by atoms with Gasteiger partial charge in [-0.2, -0.15) is 0 Å². The first-order valence-electron chi connectivity index (χ1n) is 19.8. The van der Waals surface area contributed by atoms with Crippen molar-refractivity contribution in [3.63, 3.8) is 0 Å². The van der Waals surface area contributed by atoms with Gasteiger partial charge in [0.25, 0.3) is 11.1 Å². The molecule has 4 aliphatic heterocycles. The van der Waals surface area contributed by atoms with Crippen molar-refractivity contribution in [1.29, 1.82) is 0 Å². The van der Waals surface area contributed by atoms with Crippen LogP contribution in [0.3, 0.4) is 0 Å². The number of anilines is 2. The lowest BCUT2D eigenvalue weighted by atomic mass is 9.73. The summed E-state index contributed by atoms with van der Waals surface area (Å²) in [7, 11) is 0. The van der Waals surface area contributed by atoms with E-state index in [4.69, 9.17) is 77.3 Å². The summed E-state index contributed by atoms with van der Waals surface area (Å²) in [5.74, 6) is 2.62. The number of rotatable bonds is 4. The Bertz CT molecular complexity index is 2160. The molecule has 4 fully saturated rings. The molecule has 0 radical (unpaired) electrons. The van der Waals surface area contributed by atoms with Gasteiger partial charge >= 0.3 is 0 Å². The predicted molar refractivity (Wildman–Crippen MR) is 233 cm³/mol. The van der Waals surface area contributed by atoms with Crippen LogP contribution in [-0.4, -0.2) is 82.8 Å². The van der Waals surface area contributed by atoms with Crippen LogP contribution in [0.1, 0.15) is 62.3 Å². The van der Waals surface area contributed by atoms with Gasteiger partial charge in [-0.1, -0.05) is 58.5 Å². The topological polar surface area (TPSA) is 147 Å². The highest BCUT2D eigenvalue weighted by molar-refractivity contribution is 6.43. The van der Waals surface area contributed by atoms with Crippen LogP contribution in [0.25, 0.3) is 11.4 Å². The third kappa shape index (κ3) is 7.57. The Kier molecular flexibility index (Phi) is 12.3. The van der Waals surface area contributed by atoms with Crippen molar-refractivity contribution in [2.75, 3.05) is 49.2 Å². The minimum absolute atomic E-state index is 0.0299. The average Bonchev–Trinajstić information content (AvgIpc) is 3.64. The summed E-state index contributed by atoms with van der Waals surface area (Å²) < 4.78 is 14.7. The van der Waals surface area contributed by atoms with Gasteiger partial charge in [0.15, 0.2) is 0 Å². The maximum absolute atomic E-state index is 13.2. The minimum atomic E-state index is -0.133. The molecule has 6 heterocycles. The predicted octanol–water partition coefficient (Wildman–Crippen LogP) is 6.98. The van der Waals surface area contributed by atoms with Crippen LogP contribution in [0.15, 0.2) is 46.0 Å². The van der Waals surface area contributed by atoms with Crippen LogP contribution in [0.2, 0.25) is 20.1 Å². The van der Waals surface area contributed by atoms with E-state index in [-0.39, 0.29) is 46.2 Å². The number of hydrogen-bond acceptors (Lipinski definition) is 10. The van der Waals surface area contributed by atoms with E-state index < -0.39 is 0 Å². The standard InChI is InChI=1S/2C21H26Cl2N4O2/c2*1-12-19(26-9-7-21(8-10-26)11-29-13(2)18(21)24)25-14(3)27(20(12)28)16-6-4-5-15(22)17(16)23/h2*4-6,13,18H,7-11,24H2,1-3H3/t2*13-,18+/m00/s1. The molecular formula is C42H52Cl4N8O4. The number of halogens is 4. The fourth-order valence-corrected chi connectivity index (χ4v) is 9.94. The maximum atomic E-state index is 13.2. The Hall–Kier alpha value is -3.20. The summed E-state index contributed by atoms with van der Waals surface area (Å²) in [6, 6.07) is 10.6. The number of piperidine rings is 2. The van der Waals surface area contributed by atoms with Gasteiger partial charge in [0.2, 0.25) is 0 Å². The summed E-state index contributed by atoms with van der Waals surface area (Å²) in [5, 5.41) is 1.50. The highest BCUT2D eigenvalue weighted by Crippen LogP contribution is 2.43. The van der Waals surface area contributed by atoms with Crippen molar-refractivity contribution >= 4 is 58.0 Å². The molecule has 0 amide bonds. The zero-order valence-corrected chi connectivity index (χ0v) is 36.9. The number of nitrogens with two attached hydrogens (primary N) is 2. The first-order valence-corrected chi connectivity index (χ1v) is 21.3. The molecular weight excluding hydrogens is 822 g/mol. The first-order chi connectivity index (χ1) is 27.5. The van der Waals surface area contributed by atoms with Crippen molar-refractivity contribution in [3.8, 4) is 11.4 Å². The van der Waals surface area contributed by atoms with Gasteiger partial charge in [-0.25, -0.2) is 9.97 Å². The van der Waals surface area contributed by atoms with Crippen LogP contribution >= 0.6 is 46.4 Å². The molecule has 0 aliphatic carbocycles. The Labute approximate surface area is 359 Å². The SMILES string of the molecule is Cc1c(N2CCC3(CC2)CO[C@@H](C)[C@H]3N)nc(C)n(-c2cccc(Cl)c2Cl)c1=O.Cc1c(N2CCC3(CC2)CO[C@@H](C)[C@H]3N)nc(C)n(-c2cccc(Cl)c2Cl)c1=O.